The van der Waals surface area contributed by atoms with Gasteiger partial charge in [-0.25, -0.2) is 4.98 Å². The summed E-state index contributed by atoms with van der Waals surface area (Å²) in [5.41, 5.74) is 7.16. The maximum absolute atomic E-state index is 6.78. The second-order valence-corrected chi connectivity index (χ2v) is 14.5. The number of furan rings is 1. The number of anilines is 3. The second kappa shape index (κ2) is 10.3. The third-order valence-corrected chi connectivity index (χ3v) is 11.8. The van der Waals surface area contributed by atoms with Gasteiger partial charge in [0.05, 0.1) is 11.1 Å². The highest BCUT2D eigenvalue weighted by Gasteiger charge is 2.23. The number of nitrogens with zero attached hydrogens (tertiary/aromatic N) is 2. The molecule has 0 unspecified atom stereocenters. The molecule has 0 atom stereocenters. The Morgan fingerprint density at radius 3 is 1.78 bits per heavy atom. The highest BCUT2D eigenvalue weighted by atomic mass is 32.1. The van der Waals surface area contributed by atoms with Gasteiger partial charge in [-0.3, -0.25) is 0 Å². The number of benzene rings is 7. The van der Waals surface area contributed by atoms with Gasteiger partial charge >= 0.3 is 0 Å². The molecule has 6 heteroatoms. The zero-order valence-electron chi connectivity index (χ0n) is 25.9. The van der Waals surface area contributed by atoms with E-state index in [0.29, 0.717) is 5.89 Å². The molecular weight excluding hydrogens is 641 g/mol. The van der Waals surface area contributed by atoms with Crippen LogP contribution in [0.2, 0.25) is 0 Å². The Kier molecular flexibility index (Phi) is 5.67. The van der Waals surface area contributed by atoms with Gasteiger partial charge in [0, 0.05) is 62.7 Å². The lowest BCUT2D eigenvalue weighted by Gasteiger charge is -2.25. The lowest BCUT2D eigenvalue weighted by molar-refractivity contribution is 0.622. The molecule has 11 aromatic rings. The number of thiophene rings is 2. The lowest BCUT2D eigenvalue weighted by Crippen LogP contribution is -2.10. The fourth-order valence-electron chi connectivity index (χ4n) is 7.27. The van der Waals surface area contributed by atoms with E-state index >= 15 is 0 Å². The number of rotatable bonds is 4. The maximum atomic E-state index is 6.78. The molecule has 0 aliphatic rings. The summed E-state index contributed by atoms with van der Waals surface area (Å²) < 4.78 is 18.3. The molecule has 49 heavy (non-hydrogen) atoms. The molecule has 0 aliphatic heterocycles. The summed E-state index contributed by atoms with van der Waals surface area (Å²) in [4.78, 5) is 7.19. The van der Waals surface area contributed by atoms with Gasteiger partial charge in [0.2, 0.25) is 5.89 Å². The Balaban J connectivity index is 1.17. The van der Waals surface area contributed by atoms with Crippen molar-refractivity contribution in [3.05, 3.63) is 146 Å². The van der Waals surface area contributed by atoms with Gasteiger partial charge in [-0.15, -0.1) is 22.7 Å². The Morgan fingerprint density at radius 1 is 0.469 bits per heavy atom. The first-order chi connectivity index (χ1) is 24.3. The molecule has 0 radical (unpaired) electrons. The summed E-state index contributed by atoms with van der Waals surface area (Å²) in [7, 11) is 0. The molecule has 7 aromatic carbocycles. The van der Waals surface area contributed by atoms with E-state index in [-0.39, 0.29) is 0 Å². The fraction of sp³-hybridized carbons (Fsp3) is 0. The highest BCUT2D eigenvalue weighted by Crippen LogP contribution is 2.47. The normalized spacial score (nSPS) is 12.1. The zero-order chi connectivity index (χ0) is 32.1. The third kappa shape index (κ3) is 4.05. The fourth-order valence-corrected chi connectivity index (χ4v) is 9.55. The summed E-state index contributed by atoms with van der Waals surface area (Å²) in [6, 6.07) is 51.3. The number of hydrogen-bond donors (Lipinski definition) is 0. The van der Waals surface area contributed by atoms with Crippen LogP contribution in [-0.2, 0) is 0 Å². The van der Waals surface area contributed by atoms with Crippen molar-refractivity contribution >= 4 is 113 Å². The van der Waals surface area contributed by atoms with Crippen molar-refractivity contribution < 1.29 is 8.83 Å². The molecule has 0 bridgehead atoms. The largest absolute Gasteiger partial charge is 0.454 e. The molecule has 0 amide bonds. The van der Waals surface area contributed by atoms with Crippen LogP contribution in [0.5, 0.6) is 0 Å². The van der Waals surface area contributed by atoms with Crippen LogP contribution in [0.4, 0.5) is 17.1 Å². The van der Waals surface area contributed by atoms with Crippen LogP contribution in [0.25, 0.3) is 84.8 Å². The van der Waals surface area contributed by atoms with Gasteiger partial charge in [-0.05, 0) is 66.7 Å². The van der Waals surface area contributed by atoms with Gasteiger partial charge < -0.3 is 13.7 Å². The summed E-state index contributed by atoms with van der Waals surface area (Å²) in [5.74, 6) is 0.600. The molecular formula is C43H24N2O2S2. The molecule has 4 aromatic heterocycles. The minimum atomic E-state index is 0.600. The molecule has 0 fully saturated rings. The Bertz CT molecular complexity index is 2960. The second-order valence-electron chi connectivity index (χ2n) is 12.3. The topological polar surface area (TPSA) is 42.4 Å². The van der Waals surface area contributed by atoms with E-state index in [1.165, 1.54) is 40.3 Å². The molecule has 4 nitrogen and oxygen atoms in total. The molecule has 4 heterocycles. The molecule has 0 spiro atoms. The number of fused-ring (bicyclic) bond motifs is 11. The maximum Gasteiger partial charge on any atom is 0.227 e. The number of oxazole rings is 1. The summed E-state index contributed by atoms with van der Waals surface area (Å²) in [6.07, 6.45) is 0. The lowest BCUT2D eigenvalue weighted by atomic mass is 10.1. The zero-order valence-corrected chi connectivity index (χ0v) is 27.5. The first-order valence-corrected chi connectivity index (χ1v) is 17.8. The van der Waals surface area contributed by atoms with E-state index in [1.54, 1.807) is 0 Å². The highest BCUT2D eigenvalue weighted by molar-refractivity contribution is 7.26. The minimum Gasteiger partial charge on any atom is -0.454 e. The van der Waals surface area contributed by atoms with Crippen LogP contribution in [0.3, 0.4) is 0 Å². The standard InChI is InChI=1S/C43H24N2O2S2/c1-2-9-25(10-3-1)43-44-33-21-22-35-40(42(33)47-43)32-13-8-14-34(41(32)46-35)45(26-17-19-30-28-11-4-6-15-36(28)48-38(30)23-26)27-18-20-31-29-12-5-7-16-37(29)49-39(31)24-27/h1-24H. The van der Waals surface area contributed by atoms with Crippen LogP contribution in [0.15, 0.2) is 154 Å². The number of aromatic nitrogens is 1. The van der Waals surface area contributed by atoms with Crippen molar-refractivity contribution in [1.82, 2.24) is 4.98 Å². The Morgan fingerprint density at radius 2 is 1.08 bits per heavy atom. The van der Waals surface area contributed by atoms with Crippen LogP contribution in [0.1, 0.15) is 0 Å². The summed E-state index contributed by atoms with van der Waals surface area (Å²) >= 11 is 3.66. The van der Waals surface area contributed by atoms with E-state index < -0.39 is 0 Å². The van der Waals surface area contributed by atoms with Crippen molar-refractivity contribution in [2.45, 2.75) is 0 Å². The van der Waals surface area contributed by atoms with Crippen molar-refractivity contribution in [2.24, 2.45) is 0 Å². The third-order valence-electron chi connectivity index (χ3n) is 9.50. The van der Waals surface area contributed by atoms with Crippen molar-refractivity contribution in [3.8, 4) is 11.5 Å². The molecule has 0 N–H and O–H groups in total. The minimum absolute atomic E-state index is 0.600. The van der Waals surface area contributed by atoms with Crippen molar-refractivity contribution in [3.63, 3.8) is 0 Å². The van der Waals surface area contributed by atoms with Gasteiger partial charge in [-0.2, -0.15) is 0 Å². The predicted molar refractivity (Wildman–Crippen MR) is 207 cm³/mol. The molecule has 0 aliphatic carbocycles. The van der Waals surface area contributed by atoms with E-state index in [1.807, 2.05) is 65.1 Å². The van der Waals surface area contributed by atoms with Crippen molar-refractivity contribution in [1.29, 1.82) is 0 Å². The van der Waals surface area contributed by atoms with E-state index in [0.717, 1.165) is 55.7 Å². The van der Waals surface area contributed by atoms with Crippen LogP contribution in [0, 0.1) is 0 Å². The van der Waals surface area contributed by atoms with Gasteiger partial charge in [-0.1, -0.05) is 78.9 Å². The number of hydrogen-bond acceptors (Lipinski definition) is 6. The van der Waals surface area contributed by atoms with Crippen LogP contribution in [-0.4, -0.2) is 4.98 Å². The monoisotopic (exact) mass is 664 g/mol. The predicted octanol–water partition coefficient (Wildman–Crippen LogP) is 13.6. The van der Waals surface area contributed by atoms with E-state index in [2.05, 4.69) is 108 Å². The SMILES string of the molecule is c1ccc(-c2nc3ccc4oc5c(N(c6ccc7c(c6)sc6ccccc67)c6ccc7c(c6)sc6ccccc67)cccc5c4c3o2)cc1. The first-order valence-electron chi connectivity index (χ1n) is 16.2. The molecule has 230 valence electrons. The van der Waals surface area contributed by atoms with Crippen LogP contribution >= 0.6 is 22.7 Å². The van der Waals surface area contributed by atoms with Crippen molar-refractivity contribution in [2.75, 3.05) is 4.90 Å². The summed E-state index contributed by atoms with van der Waals surface area (Å²) in [5, 5.41) is 7.05. The molecule has 11 rings (SSSR count). The average molecular weight is 665 g/mol. The number of para-hydroxylation sites is 1. The first kappa shape index (κ1) is 27.0. The molecule has 0 saturated carbocycles. The smallest absolute Gasteiger partial charge is 0.227 e. The van der Waals surface area contributed by atoms with E-state index in [4.69, 9.17) is 13.8 Å². The quantitative estimate of drug-likeness (QED) is 0.188. The Labute approximate surface area is 287 Å². The molecule has 0 saturated heterocycles. The van der Waals surface area contributed by atoms with Gasteiger partial charge in [0.1, 0.15) is 11.1 Å². The summed E-state index contributed by atoms with van der Waals surface area (Å²) in [6.45, 7) is 0. The van der Waals surface area contributed by atoms with Gasteiger partial charge in [0.25, 0.3) is 0 Å². The Hall–Kier alpha value is -5.95. The van der Waals surface area contributed by atoms with Crippen LogP contribution < -0.4 is 4.90 Å². The van der Waals surface area contributed by atoms with Gasteiger partial charge in [0.15, 0.2) is 11.2 Å². The average Bonchev–Trinajstić information content (AvgIpc) is 3.93. The van der Waals surface area contributed by atoms with E-state index in [9.17, 15) is 0 Å².